The second kappa shape index (κ2) is 15.1. The summed E-state index contributed by atoms with van der Waals surface area (Å²) in [6.45, 7) is 2.28. The molecule has 0 aromatic carbocycles. The molecule has 35 heavy (non-hydrogen) atoms. The Kier molecular flexibility index (Phi) is 13.0. The molecule has 200 valence electrons. The van der Waals surface area contributed by atoms with E-state index in [4.69, 9.17) is 22.9 Å². The lowest BCUT2D eigenvalue weighted by Gasteiger charge is -2.30. The quantitative estimate of drug-likeness (QED) is 0.0639. The summed E-state index contributed by atoms with van der Waals surface area (Å²) in [6, 6.07) is -4.21. The van der Waals surface area contributed by atoms with E-state index in [0.717, 1.165) is 0 Å². The molecule has 0 spiro atoms. The number of aliphatic carboxylic acids is 1. The molecule has 14 nitrogen and oxygen atoms in total. The predicted molar refractivity (Wildman–Crippen MR) is 129 cm³/mol. The minimum atomic E-state index is -1.22. The summed E-state index contributed by atoms with van der Waals surface area (Å²) in [4.78, 5) is 55.4. The summed E-state index contributed by atoms with van der Waals surface area (Å²) >= 11 is 0. The SMILES string of the molecule is C[C@H](O)[C@H](N)C(=O)N[C@@H](CCCCN)C(=O)N1CCC[C@@H]1C(=O)N[C@@H](CCCN=C(N)N)C(=O)O. The number of carbonyl (C=O) groups is 4. The minimum absolute atomic E-state index is 0.105. The Morgan fingerprint density at radius 3 is 2.31 bits per heavy atom. The van der Waals surface area contributed by atoms with Gasteiger partial charge in [0.25, 0.3) is 0 Å². The largest absolute Gasteiger partial charge is 0.480 e. The number of carboxylic acids is 1. The van der Waals surface area contributed by atoms with Crippen LogP contribution in [0.4, 0.5) is 0 Å². The maximum atomic E-state index is 13.3. The van der Waals surface area contributed by atoms with E-state index in [-0.39, 0.29) is 31.9 Å². The predicted octanol–water partition coefficient (Wildman–Crippen LogP) is -3.08. The number of likely N-dealkylation sites (tertiary alicyclic amines) is 1. The van der Waals surface area contributed by atoms with Crippen LogP contribution in [0, 0.1) is 0 Å². The highest BCUT2D eigenvalue weighted by Gasteiger charge is 2.39. The lowest BCUT2D eigenvalue weighted by molar-refractivity contribution is -0.145. The molecular formula is C21H40N8O6. The zero-order valence-corrected chi connectivity index (χ0v) is 20.2. The van der Waals surface area contributed by atoms with Crippen LogP contribution >= 0.6 is 0 Å². The molecule has 0 saturated carbocycles. The number of carbonyl (C=O) groups excluding carboxylic acids is 3. The molecular weight excluding hydrogens is 460 g/mol. The Morgan fingerprint density at radius 2 is 1.74 bits per heavy atom. The van der Waals surface area contributed by atoms with Crippen molar-refractivity contribution in [3.05, 3.63) is 0 Å². The number of unbranched alkanes of at least 4 members (excludes halogenated alkanes) is 1. The van der Waals surface area contributed by atoms with E-state index in [1.54, 1.807) is 0 Å². The third-order valence-electron chi connectivity index (χ3n) is 5.78. The Morgan fingerprint density at radius 1 is 1.09 bits per heavy atom. The van der Waals surface area contributed by atoms with Gasteiger partial charge in [0.15, 0.2) is 5.96 Å². The summed E-state index contributed by atoms with van der Waals surface area (Å²) in [5.74, 6) is -3.05. The third kappa shape index (κ3) is 10.0. The monoisotopic (exact) mass is 500 g/mol. The number of rotatable bonds is 15. The molecule has 12 N–H and O–H groups in total. The normalized spacial score (nSPS) is 18.7. The first kappa shape index (κ1) is 30.1. The van der Waals surface area contributed by atoms with Crippen molar-refractivity contribution in [3.8, 4) is 0 Å². The Balaban J connectivity index is 2.90. The zero-order valence-electron chi connectivity index (χ0n) is 20.2. The van der Waals surface area contributed by atoms with Crippen LogP contribution in [0.1, 0.15) is 51.9 Å². The number of aliphatic hydroxyl groups excluding tert-OH is 1. The molecule has 3 amide bonds. The van der Waals surface area contributed by atoms with Crippen molar-refractivity contribution in [3.63, 3.8) is 0 Å². The number of aliphatic hydroxyl groups is 1. The van der Waals surface area contributed by atoms with Crippen LogP contribution in [0.2, 0.25) is 0 Å². The number of guanidine groups is 1. The molecule has 1 saturated heterocycles. The Hall–Kier alpha value is -2.97. The van der Waals surface area contributed by atoms with Crippen molar-refractivity contribution < 1.29 is 29.4 Å². The van der Waals surface area contributed by atoms with Crippen LogP contribution in [0.5, 0.6) is 0 Å². The van der Waals surface area contributed by atoms with Gasteiger partial charge < -0.3 is 48.7 Å². The van der Waals surface area contributed by atoms with Crippen LogP contribution < -0.4 is 33.6 Å². The summed E-state index contributed by atoms with van der Waals surface area (Å²) < 4.78 is 0. The molecule has 0 aromatic heterocycles. The van der Waals surface area contributed by atoms with Crippen LogP contribution in [0.3, 0.4) is 0 Å². The first-order valence-electron chi connectivity index (χ1n) is 11.8. The maximum Gasteiger partial charge on any atom is 0.326 e. The third-order valence-corrected chi connectivity index (χ3v) is 5.78. The molecule has 1 aliphatic rings. The fourth-order valence-electron chi connectivity index (χ4n) is 3.77. The van der Waals surface area contributed by atoms with Crippen LogP contribution in [0.15, 0.2) is 4.99 Å². The molecule has 1 rings (SSSR count). The van der Waals surface area contributed by atoms with E-state index in [1.807, 2.05) is 0 Å². The van der Waals surface area contributed by atoms with Crippen molar-refractivity contribution in [1.82, 2.24) is 15.5 Å². The minimum Gasteiger partial charge on any atom is -0.480 e. The standard InChI is InChI=1S/C21H40N8O6/c1-12(30)16(23)18(32)27-13(6-2-3-9-22)19(33)29-11-5-8-15(29)17(31)28-14(20(34)35)7-4-10-26-21(24)25/h12-16,30H,2-11,22-23H2,1H3,(H,27,32)(H,28,31)(H,34,35)(H4,24,25,26)/t12-,13-,14-,15+,16-/m0/s1. The van der Waals surface area contributed by atoms with Gasteiger partial charge >= 0.3 is 5.97 Å². The van der Waals surface area contributed by atoms with E-state index in [1.165, 1.54) is 11.8 Å². The molecule has 1 heterocycles. The number of carboxylic acid groups (broad SMARTS) is 1. The zero-order chi connectivity index (χ0) is 26.5. The topological polar surface area (TPSA) is 252 Å². The molecule has 0 unspecified atom stereocenters. The van der Waals surface area contributed by atoms with Gasteiger partial charge in [-0.2, -0.15) is 0 Å². The number of hydrogen-bond donors (Lipinski definition) is 8. The summed E-state index contributed by atoms with van der Waals surface area (Å²) in [7, 11) is 0. The van der Waals surface area contributed by atoms with Gasteiger partial charge in [0.2, 0.25) is 17.7 Å². The van der Waals surface area contributed by atoms with Crippen molar-refractivity contribution in [2.24, 2.45) is 27.9 Å². The van der Waals surface area contributed by atoms with Crippen molar-refractivity contribution in [2.45, 2.75) is 82.1 Å². The van der Waals surface area contributed by atoms with Crippen molar-refractivity contribution >= 4 is 29.7 Å². The first-order valence-corrected chi connectivity index (χ1v) is 11.8. The van der Waals surface area contributed by atoms with E-state index < -0.39 is 54.0 Å². The molecule has 1 fully saturated rings. The first-order chi connectivity index (χ1) is 16.5. The Labute approximate surface area is 204 Å². The van der Waals surface area contributed by atoms with E-state index in [9.17, 15) is 29.4 Å². The molecule has 0 aromatic rings. The van der Waals surface area contributed by atoms with Crippen LogP contribution in [-0.4, -0.2) is 94.7 Å². The molecule has 0 aliphatic carbocycles. The second-order valence-electron chi connectivity index (χ2n) is 8.65. The van der Waals surface area contributed by atoms with Crippen LogP contribution in [-0.2, 0) is 19.2 Å². The van der Waals surface area contributed by atoms with E-state index in [2.05, 4.69) is 15.6 Å². The molecule has 0 bridgehead atoms. The fourth-order valence-corrected chi connectivity index (χ4v) is 3.77. The fraction of sp³-hybridized carbons (Fsp3) is 0.762. The highest BCUT2D eigenvalue weighted by atomic mass is 16.4. The average molecular weight is 501 g/mol. The van der Waals surface area contributed by atoms with Crippen molar-refractivity contribution in [2.75, 3.05) is 19.6 Å². The van der Waals surface area contributed by atoms with E-state index in [0.29, 0.717) is 38.6 Å². The number of aliphatic imine (C=N–C) groups is 1. The second-order valence-corrected chi connectivity index (χ2v) is 8.65. The summed E-state index contributed by atoms with van der Waals surface area (Å²) in [5.41, 5.74) is 21.7. The molecule has 1 aliphatic heterocycles. The molecule has 14 heteroatoms. The molecule has 5 atom stereocenters. The summed E-state index contributed by atoms with van der Waals surface area (Å²) in [6.07, 6.45) is 1.69. The van der Waals surface area contributed by atoms with Gasteiger partial charge in [-0.15, -0.1) is 0 Å². The number of nitrogens with two attached hydrogens (primary N) is 4. The number of nitrogens with zero attached hydrogens (tertiary/aromatic N) is 2. The van der Waals surface area contributed by atoms with Crippen LogP contribution in [0.25, 0.3) is 0 Å². The van der Waals surface area contributed by atoms with Gasteiger partial charge in [-0.05, 0) is 58.4 Å². The lowest BCUT2D eigenvalue weighted by Crippen LogP contribution is -2.57. The maximum absolute atomic E-state index is 13.3. The van der Waals surface area contributed by atoms with Gasteiger partial charge in [-0.3, -0.25) is 19.4 Å². The van der Waals surface area contributed by atoms with Gasteiger partial charge in [0.05, 0.1) is 6.10 Å². The smallest absolute Gasteiger partial charge is 0.326 e. The number of amides is 3. The van der Waals surface area contributed by atoms with Gasteiger partial charge in [0.1, 0.15) is 24.2 Å². The summed E-state index contributed by atoms with van der Waals surface area (Å²) in [5, 5.41) is 24.2. The highest BCUT2D eigenvalue weighted by molar-refractivity contribution is 5.94. The number of nitrogens with one attached hydrogen (secondary N) is 2. The Bertz CT molecular complexity index is 758. The molecule has 0 radical (unpaired) electrons. The average Bonchev–Trinajstić information content (AvgIpc) is 3.29. The lowest BCUT2D eigenvalue weighted by atomic mass is 10.1. The highest BCUT2D eigenvalue weighted by Crippen LogP contribution is 2.20. The van der Waals surface area contributed by atoms with Crippen molar-refractivity contribution in [1.29, 1.82) is 0 Å². The van der Waals surface area contributed by atoms with Gasteiger partial charge in [0, 0.05) is 13.1 Å². The van der Waals surface area contributed by atoms with Gasteiger partial charge in [-0.25, -0.2) is 4.79 Å². The van der Waals surface area contributed by atoms with Gasteiger partial charge in [-0.1, -0.05) is 0 Å². The van der Waals surface area contributed by atoms with E-state index >= 15 is 0 Å². The number of hydrogen-bond acceptors (Lipinski definition) is 8.